The minimum Gasteiger partial charge on any atom is -0.357 e. The molecule has 0 radical (unpaired) electrons. The van der Waals surface area contributed by atoms with Gasteiger partial charge in [0.1, 0.15) is 11.5 Å². The Morgan fingerprint density at radius 2 is 1.95 bits per heavy atom. The molecule has 37 heavy (non-hydrogen) atoms. The third kappa shape index (κ3) is 5.76. The van der Waals surface area contributed by atoms with Crippen LogP contribution in [0.4, 0.5) is 4.39 Å². The number of benzene rings is 1. The van der Waals surface area contributed by atoms with Crippen LogP contribution in [0.2, 0.25) is 0 Å². The maximum atomic E-state index is 14.0. The van der Waals surface area contributed by atoms with E-state index in [0.29, 0.717) is 0 Å². The zero-order chi connectivity index (χ0) is 26.5. The molecule has 0 amide bonds. The molecule has 0 spiro atoms. The van der Waals surface area contributed by atoms with Crippen molar-refractivity contribution in [2.45, 2.75) is 20.4 Å². The van der Waals surface area contributed by atoms with Gasteiger partial charge in [0.05, 0.1) is 11.0 Å². The molecule has 1 aromatic carbocycles. The first-order chi connectivity index (χ1) is 17.8. The van der Waals surface area contributed by atoms with E-state index in [9.17, 15) is 4.39 Å². The Morgan fingerprint density at radius 3 is 2.65 bits per heavy atom. The summed E-state index contributed by atoms with van der Waals surface area (Å²) in [5.74, 6) is -0.282. The summed E-state index contributed by atoms with van der Waals surface area (Å²) in [6.07, 6.45) is 11.3. The molecule has 5 nitrogen and oxygen atoms in total. The highest BCUT2D eigenvalue weighted by Crippen LogP contribution is 2.30. The Hall–Kier alpha value is -4.29. The molecule has 188 valence electrons. The molecule has 0 aliphatic heterocycles. The van der Waals surface area contributed by atoms with Crippen LogP contribution in [0.15, 0.2) is 74.1 Å². The van der Waals surface area contributed by atoms with Crippen molar-refractivity contribution in [1.29, 1.82) is 0 Å². The van der Waals surface area contributed by atoms with Crippen molar-refractivity contribution in [3.8, 4) is 11.4 Å². The van der Waals surface area contributed by atoms with Gasteiger partial charge in [-0.1, -0.05) is 43.5 Å². The van der Waals surface area contributed by atoms with Gasteiger partial charge in [0.25, 0.3) is 0 Å². The quantitative estimate of drug-likeness (QED) is 0.331. The van der Waals surface area contributed by atoms with Gasteiger partial charge in [-0.2, -0.15) is 5.10 Å². The molecular weight excluding hydrogens is 461 g/mol. The van der Waals surface area contributed by atoms with Crippen LogP contribution in [0, 0.1) is 12.7 Å². The van der Waals surface area contributed by atoms with Crippen LogP contribution >= 0.6 is 0 Å². The van der Waals surface area contributed by atoms with E-state index in [1.54, 1.807) is 12.1 Å². The predicted octanol–water partition coefficient (Wildman–Crippen LogP) is 5.22. The molecule has 3 heterocycles. The van der Waals surface area contributed by atoms with E-state index in [-0.39, 0.29) is 5.82 Å². The normalized spacial score (nSPS) is 13.0. The molecule has 0 fully saturated rings. The zero-order valence-electron chi connectivity index (χ0n) is 21.8. The summed E-state index contributed by atoms with van der Waals surface area (Å²) in [5.41, 5.74) is 8.11. The lowest BCUT2D eigenvalue weighted by atomic mass is 9.97. The molecule has 0 bridgehead atoms. The van der Waals surface area contributed by atoms with Crippen molar-refractivity contribution in [2.75, 3.05) is 14.1 Å². The third-order valence-corrected chi connectivity index (χ3v) is 6.09. The molecule has 0 aliphatic rings. The Balaban J connectivity index is 1.79. The SMILES string of the molecule is C=C/C=C(/c1cccc(F)c1)c1cc(-c2n[nH]c(=C/C)/c2=C\C(=C)c2cncc(CN(C)C)c2)[nH]c1C. The number of nitrogens with one attached hydrogen (secondary N) is 2. The maximum Gasteiger partial charge on any atom is 0.123 e. The molecule has 4 aromatic rings. The highest BCUT2D eigenvalue weighted by atomic mass is 19.1. The van der Waals surface area contributed by atoms with Crippen molar-refractivity contribution in [2.24, 2.45) is 0 Å². The summed E-state index contributed by atoms with van der Waals surface area (Å²) < 4.78 is 14.0. The van der Waals surface area contributed by atoms with E-state index in [1.165, 1.54) is 12.1 Å². The number of rotatable bonds is 8. The van der Waals surface area contributed by atoms with Gasteiger partial charge >= 0.3 is 0 Å². The van der Waals surface area contributed by atoms with Gasteiger partial charge in [0, 0.05) is 35.4 Å². The molecule has 0 aliphatic carbocycles. The topological polar surface area (TPSA) is 60.6 Å². The first-order valence-electron chi connectivity index (χ1n) is 12.1. The highest BCUT2D eigenvalue weighted by Gasteiger charge is 2.15. The van der Waals surface area contributed by atoms with Crippen LogP contribution < -0.4 is 10.6 Å². The standard InChI is InChI=1S/C31H32FN5/c1-7-10-26(23-11-9-12-25(32)15-23)27-16-30(34-21(27)4)31-28(29(8-2)35-36-31)13-20(3)24-14-22(17-33-18-24)19-37(5)6/h7-18,34-35H,1,3,19H2,2,4-6H3/b26-10-,28-13+,29-8+. The summed E-state index contributed by atoms with van der Waals surface area (Å²) in [4.78, 5) is 9.99. The Kier molecular flexibility index (Phi) is 7.80. The summed E-state index contributed by atoms with van der Waals surface area (Å²) in [7, 11) is 4.07. The molecule has 0 saturated heterocycles. The van der Waals surface area contributed by atoms with Crippen molar-refractivity contribution >= 4 is 23.3 Å². The molecular formula is C31H32FN5. The van der Waals surface area contributed by atoms with E-state index >= 15 is 0 Å². The van der Waals surface area contributed by atoms with Crippen LogP contribution in [0.3, 0.4) is 0 Å². The molecule has 0 unspecified atom stereocenters. The number of H-pyrrole nitrogens is 2. The number of aromatic amines is 2. The average Bonchev–Trinajstić information content (AvgIpc) is 3.45. The monoisotopic (exact) mass is 493 g/mol. The minimum absolute atomic E-state index is 0.282. The highest BCUT2D eigenvalue weighted by molar-refractivity contribution is 5.88. The number of hydrogen-bond acceptors (Lipinski definition) is 3. The molecule has 0 atom stereocenters. The first-order valence-corrected chi connectivity index (χ1v) is 12.1. The van der Waals surface area contributed by atoms with E-state index < -0.39 is 0 Å². The van der Waals surface area contributed by atoms with Gasteiger partial charge in [0.2, 0.25) is 0 Å². The number of pyridine rings is 1. The van der Waals surface area contributed by atoms with E-state index in [2.05, 4.69) is 44.3 Å². The van der Waals surface area contributed by atoms with E-state index in [0.717, 1.165) is 67.6 Å². The van der Waals surface area contributed by atoms with Gasteiger partial charge < -0.3 is 9.88 Å². The first kappa shape index (κ1) is 25.8. The minimum atomic E-state index is -0.282. The second-order valence-electron chi connectivity index (χ2n) is 9.23. The fourth-order valence-corrected chi connectivity index (χ4v) is 4.39. The zero-order valence-corrected chi connectivity index (χ0v) is 21.8. The summed E-state index contributed by atoms with van der Waals surface area (Å²) in [6, 6.07) is 10.7. The average molecular weight is 494 g/mol. The number of aryl methyl sites for hydroxylation is 1. The Bertz CT molecular complexity index is 1600. The van der Waals surface area contributed by atoms with Crippen molar-refractivity contribution in [3.63, 3.8) is 0 Å². The number of hydrogen-bond donors (Lipinski definition) is 2. The number of halogens is 1. The Morgan fingerprint density at radius 1 is 1.14 bits per heavy atom. The Labute approximate surface area is 217 Å². The van der Waals surface area contributed by atoms with Crippen LogP contribution in [0.5, 0.6) is 0 Å². The third-order valence-electron chi connectivity index (χ3n) is 6.09. The lowest BCUT2D eigenvalue weighted by molar-refractivity contribution is 0.402. The molecule has 3 aromatic heterocycles. The van der Waals surface area contributed by atoms with E-state index in [4.69, 9.17) is 0 Å². The molecule has 0 saturated carbocycles. The predicted molar refractivity (Wildman–Crippen MR) is 151 cm³/mol. The largest absolute Gasteiger partial charge is 0.357 e. The second kappa shape index (κ2) is 11.2. The van der Waals surface area contributed by atoms with Crippen molar-refractivity contribution < 1.29 is 4.39 Å². The van der Waals surface area contributed by atoms with Crippen LogP contribution in [-0.4, -0.2) is 39.2 Å². The number of aromatic nitrogens is 4. The second-order valence-corrected chi connectivity index (χ2v) is 9.23. The number of allylic oxidation sites excluding steroid dienone is 3. The van der Waals surface area contributed by atoms with Crippen LogP contribution in [-0.2, 0) is 6.54 Å². The fourth-order valence-electron chi connectivity index (χ4n) is 4.39. The molecule has 4 rings (SSSR count). The van der Waals surface area contributed by atoms with Crippen molar-refractivity contribution in [3.05, 3.63) is 118 Å². The van der Waals surface area contributed by atoms with Gasteiger partial charge in [-0.05, 0) is 86.1 Å². The van der Waals surface area contributed by atoms with Crippen LogP contribution in [0.1, 0.15) is 34.9 Å². The number of nitrogens with zero attached hydrogens (tertiary/aromatic N) is 3. The summed E-state index contributed by atoms with van der Waals surface area (Å²) >= 11 is 0. The lowest BCUT2D eigenvalue weighted by Gasteiger charge is -2.10. The summed E-state index contributed by atoms with van der Waals surface area (Å²) in [5, 5.41) is 9.59. The van der Waals surface area contributed by atoms with Crippen molar-refractivity contribution in [1.82, 2.24) is 25.1 Å². The molecule has 6 heteroatoms. The van der Waals surface area contributed by atoms with E-state index in [1.807, 2.05) is 70.7 Å². The van der Waals surface area contributed by atoms with Gasteiger partial charge in [-0.3, -0.25) is 10.1 Å². The lowest BCUT2D eigenvalue weighted by Crippen LogP contribution is -2.23. The summed E-state index contributed by atoms with van der Waals surface area (Å²) in [6.45, 7) is 12.9. The fraction of sp³-hybridized carbons (Fsp3) is 0.161. The van der Waals surface area contributed by atoms with Crippen LogP contribution in [0.25, 0.3) is 34.7 Å². The smallest absolute Gasteiger partial charge is 0.123 e. The molecule has 2 N–H and O–H groups in total. The van der Waals surface area contributed by atoms with Gasteiger partial charge in [-0.15, -0.1) is 0 Å². The maximum absolute atomic E-state index is 14.0. The van der Waals surface area contributed by atoms with Gasteiger partial charge in [0.15, 0.2) is 0 Å². The van der Waals surface area contributed by atoms with Gasteiger partial charge in [-0.25, -0.2) is 4.39 Å².